The first-order valence-electron chi connectivity index (χ1n) is 11.7. The molecule has 0 aliphatic carbocycles. The molecular formula is C24H28N6O5S2. The van der Waals surface area contributed by atoms with Crippen molar-refractivity contribution in [2.45, 2.75) is 56.3 Å². The van der Waals surface area contributed by atoms with Gasteiger partial charge in [-0.05, 0) is 58.4 Å². The molecule has 5 rings (SSSR count). The average Bonchev–Trinajstić information content (AvgIpc) is 3.51. The third-order valence-electron chi connectivity index (χ3n) is 5.46. The Morgan fingerprint density at radius 1 is 1.16 bits per heavy atom. The van der Waals surface area contributed by atoms with Gasteiger partial charge < -0.3 is 24.2 Å². The molecule has 4 aromatic rings. The first-order chi connectivity index (χ1) is 17.5. The SMILES string of the molecule is Cc1ccc(-c2cc3c(cc2Sc2nc4c(N)ncnc4n2CCCS(=O)(=O)NC(C)(C)C)OCO3)o1. The van der Waals surface area contributed by atoms with Crippen LogP contribution in [0.3, 0.4) is 0 Å². The van der Waals surface area contributed by atoms with Crippen molar-refractivity contribution in [2.24, 2.45) is 0 Å². The zero-order valence-corrected chi connectivity index (χ0v) is 22.6. The van der Waals surface area contributed by atoms with Crippen molar-refractivity contribution < 1.29 is 22.3 Å². The molecule has 0 unspecified atom stereocenters. The van der Waals surface area contributed by atoms with Crippen molar-refractivity contribution in [1.29, 1.82) is 0 Å². The number of fused-ring (bicyclic) bond motifs is 2. The summed E-state index contributed by atoms with van der Waals surface area (Å²) in [6.45, 7) is 7.82. The molecule has 37 heavy (non-hydrogen) atoms. The Morgan fingerprint density at radius 2 is 1.92 bits per heavy atom. The Balaban J connectivity index is 1.51. The maximum Gasteiger partial charge on any atom is 0.231 e. The van der Waals surface area contributed by atoms with E-state index in [1.165, 1.54) is 18.1 Å². The number of hydrogen-bond acceptors (Lipinski definition) is 10. The van der Waals surface area contributed by atoms with Gasteiger partial charge in [-0.15, -0.1) is 0 Å². The quantitative estimate of drug-likeness (QED) is 0.334. The molecule has 196 valence electrons. The molecule has 13 heteroatoms. The second-order valence-electron chi connectivity index (χ2n) is 9.72. The van der Waals surface area contributed by atoms with Crippen LogP contribution in [0, 0.1) is 6.92 Å². The number of benzene rings is 1. The smallest absolute Gasteiger partial charge is 0.231 e. The maximum absolute atomic E-state index is 12.6. The first kappa shape index (κ1) is 25.4. The van der Waals surface area contributed by atoms with Gasteiger partial charge in [-0.2, -0.15) is 0 Å². The van der Waals surface area contributed by atoms with Crippen LogP contribution in [0.5, 0.6) is 11.5 Å². The van der Waals surface area contributed by atoms with Crippen molar-refractivity contribution in [3.63, 3.8) is 0 Å². The van der Waals surface area contributed by atoms with E-state index >= 15 is 0 Å². The number of nitrogens with zero attached hydrogens (tertiary/aromatic N) is 4. The van der Waals surface area contributed by atoms with E-state index in [1.807, 2.05) is 56.5 Å². The predicted molar refractivity (Wildman–Crippen MR) is 140 cm³/mol. The lowest BCUT2D eigenvalue weighted by Gasteiger charge is -2.20. The van der Waals surface area contributed by atoms with Gasteiger partial charge in [-0.3, -0.25) is 0 Å². The van der Waals surface area contributed by atoms with Gasteiger partial charge in [0.25, 0.3) is 0 Å². The molecule has 0 spiro atoms. The molecule has 0 radical (unpaired) electrons. The van der Waals surface area contributed by atoms with Gasteiger partial charge in [0.2, 0.25) is 16.8 Å². The van der Waals surface area contributed by atoms with E-state index in [0.717, 1.165) is 16.2 Å². The van der Waals surface area contributed by atoms with Crippen LogP contribution in [0.15, 0.2) is 45.1 Å². The van der Waals surface area contributed by atoms with Gasteiger partial charge in [0.15, 0.2) is 33.6 Å². The number of nitrogen functional groups attached to an aromatic ring is 1. The van der Waals surface area contributed by atoms with Crippen molar-refractivity contribution in [3.8, 4) is 22.8 Å². The summed E-state index contributed by atoms with van der Waals surface area (Å²) < 4.78 is 46.8. The summed E-state index contributed by atoms with van der Waals surface area (Å²) in [5.74, 6) is 2.92. The number of rotatable bonds is 8. The second kappa shape index (κ2) is 9.54. The minimum atomic E-state index is -3.46. The van der Waals surface area contributed by atoms with Crippen molar-refractivity contribution in [2.75, 3.05) is 18.3 Å². The Morgan fingerprint density at radius 3 is 2.62 bits per heavy atom. The Hall–Kier alpha value is -3.29. The van der Waals surface area contributed by atoms with E-state index in [1.54, 1.807) is 0 Å². The topological polar surface area (TPSA) is 147 Å². The molecule has 0 amide bonds. The maximum atomic E-state index is 12.6. The number of nitrogens with one attached hydrogen (secondary N) is 1. The van der Waals surface area contributed by atoms with Crippen molar-refractivity contribution in [1.82, 2.24) is 24.2 Å². The molecule has 0 atom stereocenters. The predicted octanol–water partition coefficient (Wildman–Crippen LogP) is 3.96. The van der Waals surface area contributed by atoms with E-state index < -0.39 is 15.6 Å². The summed E-state index contributed by atoms with van der Waals surface area (Å²) in [6, 6.07) is 7.56. The van der Waals surface area contributed by atoms with E-state index in [-0.39, 0.29) is 18.4 Å². The lowest BCUT2D eigenvalue weighted by molar-refractivity contribution is 0.174. The number of aromatic nitrogens is 4. The number of aryl methyl sites for hydroxylation is 2. The van der Waals surface area contributed by atoms with Crippen LogP contribution in [0.2, 0.25) is 0 Å². The number of ether oxygens (including phenoxy) is 2. The third kappa shape index (κ3) is 5.53. The van der Waals surface area contributed by atoms with Crippen LogP contribution in [0.1, 0.15) is 33.0 Å². The normalized spacial score (nSPS) is 13.5. The Labute approximate surface area is 218 Å². The zero-order chi connectivity index (χ0) is 26.4. The summed E-state index contributed by atoms with van der Waals surface area (Å²) >= 11 is 1.38. The Bertz CT molecular complexity index is 1570. The fourth-order valence-corrected chi connectivity index (χ4v) is 6.62. The highest BCUT2D eigenvalue weighted by Crippen LogP contribution is 2.45. The van der Waals surface area contributed by atoms with Crippen LogP contribution in [-0.2, 0) is 16.6 Å². The molecule has 0 fully saturated rings. The highest BCUT2D eigenvalue weighted by Gasteiger charge is 2.24. The fraction of sp³-hybridized carbons (Fsp3) is 0.375. The standard InChI is InChI=1S/C24H28N6O5S2/c1-14-6-7-16(35-14)15-10-17-18(34-13-33-17)11-19(15)36-23-28-20-21(25)26-12-27-22(20)30(23)8-5-9-37(31,32)29-24(2,3)4/h6-7,10-12,29H,5,8-9,13H2,1-4H3,(H2,25,26,27). The van der Waals surface area contributed by atoms with E-state index in [0.29, 0.717) is 46.5 Å². The van der Waals surface area contributed by atoms with E-state index in [2.05, 4.69) is 14.7 Å². The highest BCUT2D eigenvalue weighted by atomic mass is 32.2. The number of hydrogen-bond donors (Lipinski definition) is 2. The Kier molecular flexibility index (Phi) is 6.54. The van der Waals surface area contributed by atoms with Gasteiger partial charge in [-0.1, -0.05) is 11.8 Å². The van der Waals surface area contributed by atoms with Crippen LogP contribution in [-0.4, -0.2) is 46.0 Å². The molecule has 3 aromatic heterocycles. The van der Waals surface area contributed by atoms with Crippen LogP contribution in [0.25, 0.3) is 22.5 Å². The molecule has 1 aromatic carbocycles. The summed E-state index contributed by atoms with van der Waals surface area (Å²) in [4.78, 5) is 14.0. The summed E-state index contributed by atoms with van der Waals surface area (Å²) in [7, 11) is -3.46. The monoisotopic (exact) mass is 544 g/mol. The molecule has 0 saturated carbocycles. The molecule has 3 N–H and O–H groups in total. The number of furan rings is 1. The summed E-state index contributed by atoms with van der Waals surface area (Å²) in [5, 5.41) is 0.590. The first-order valence-corrected chi connectivity index (χ1v) is 14.1. The van der Waals surface area contributed by atoms with Crippen LogP contribution in [0.4, 0.5) is 5.82 Å². The molecule has 4 heterocycles. The van der Waals surface area contributed by atoms with Gasteiger partial charge in [0.1, 0.15) is 17.8 Å². The molecular weight excluding hydrogens is 516 g/mol. The summed E-state index contributed by atoms with van der Waals surface area (Å²) in [5.41, 5.74) is 7.36. The van der Waals surface area contributed by atoms with Gasteiger partial charge >= 0.3 is 0 Å². The fourth-order valence-electron chi connectivity index (χ4n) is 4.02. The van der Waals surface area contributed by atoms with Crippen LogP contribution < -0.4 is 19.9 Å². The number of nitrogens with two attached hydrogens (primary N) is 1. The lowest BCUT2D eigenvalue weighted by atomic mass is 10.1. The lowest BCUT2D eigenvalue weighted by Crippen LogP contribution is -2.41. The van der Waals surface area contributed by atoms with Gasteiger partial charge in [0.05, 0.1) is 5.75 Å². The van der Waals surface area contributed by atoms with Crippen molar-refractivity contribution >= 4 is 38.8 Å². The molecule has 0 bridgehead atoms. The molecule has 0 saturated heterocycles. The molecule has 1 aliphatic rings. The number of anilines is 1. The third-order valence-corrected chi connectivity index (χ3v) is 8.27. The summed E-state index contributed by atoms with van der Waals surface area (Å²) in [6.07, 6.45) is 1.72. The van der Waals surface area contributed by atoms with Gasteiger partial charge in [-0.25, -0.2) is 28.1 Å². The average molecular weight is 545 g/mol. The number of imidazole rings is 1. The minimum absolute atomic E-state index is 0.0461. The van der Waals surface area contributed by atoms with Crippen LogP contribution >= 0.6 is 11.8 Å². The number of sulfonamides is 1. The minimum Gasteiger partial charge on any atom is -0.461 e. The largest absolute Gasteiger partial charge is 0.461 e. The molecule has 1 aliphatic heterocycles. The zero-order valence-electron chi connectivity index (χ0n) is 20.9. The van der Waals surface area contributed by atoms with Crippen molar-refractivity contribution in [3.05, 3.63) is 36.4 Å². The molecule has 11 nitrogen and oxygen atoms in total. The van der Waals surface area contributed by atoms with Gasteiger partial charge in [0, 0.05) is 22.5 Å². The second-order valence-corrected chi connectivity index (χ2v) is 12.6. The van der Waals surface area contributed by atoms with E-state index in [4.69, 9.17) is 24.6 Å². The van der Waals surface area contributed by atoms with E-state index in [9.17, 15) is 8.42 Å². The highest BCUT2D eigenvalue weighted by molar-refractivity contribution is 7.99.